The lowest BCUT2D eigenvalue weighted by atomic mass is 9.95. The topological polar surface area (TPSA) is 24.8 Å². The second kappa shape index (κ2) is 7.96. The van der Waals surface area contributed by atoms with Crippen LogP contribution in [-0.4, -0.2) is 37.0 Å². The molecule has 2 aliphatic heterocycles. The van der Waals surface area contributed by atoms with Gasteiger partial charge in [-0.1, -0.05) is 42.7 Å². The predicted molar refractivity (Wildman–Crippen MR) is 93.4 cm³/mol. The van der Waals surface area contributed by atoms with Crippen LogP contribution in [0.4, 0.5) is 0 Å². The van der Waals surface area contributed by atoms with Gasteiger partial charge in [0.15, 0.2) is 0 Å². The van der Waals surface area contributed by atoms with Crippen molar-refractivity contribution >= 4 is 5.91 Å². The zero-order valence-electron chi connectivity index (χ0n) is 14.5. The average molecular weight is 315 g/mol. The number of amides is 1. The van der Waals surface area contributed by atoms with Crippen molar-refractivity contribution in [2.45, 2.75) is 52.0 Å². The summed E-state index contributed by atoms with van der Waals surface area (Å²) in [4.78, 5) is 16.6. The molecule has 2 heterocycles. The van der Waals surface area contributed by atoms with Gasteiger partial charge in [0, 0.05) is 18.7 Å². The molecule has 0 spiro atoms. The van der Waals surface area contributed by atoms with Crippen molar-refractivity contribution in [3.05, 3.63) is 35.4 Å². The van der Waals surface area contributed by atoms with E-state index in [4.69, 9.17) is 0 Å². The molecular weight excluding hydrogens is 284 g/mol. The van der Waals surface area contributed by atoms with Crippen LogP contribution in [0.25, 0.3) is 0 Å². The van der Waals surface area contributed by atoms with E-state index in [2.05, 4.69) is 36.1 Å². The van der Waals surface area contributed by atoms with E-state index in [1.165, 1.54) is 49.8 Å². The Morgan fingerprint density at radius 1 is 1.17 bits per heavy atom. The first-order chi connectivity index (χ1) is 11.2. The fourth-order valence-corrected chi connectivity index (χ4v) is 4.18. The third kappa shape index (κ3) is 4.57. The number of aryl methyl sites for hydroxylation is 1. The lowest BCUT2D eigenvalue weighted by Crippen LogP contribution is -3.12. The van der Waals surface area contributed by atoms with Crippen molar-refractivity contribution in [3.8, 4) is 0 Å². The summed E-state index contributed by atoms with van der Waals surface area (Å²) in [5.74, 6) is 0.690. The summed E-state index contributed by atoms with van der Waals surface area (Å²) in [7, 11) is 0. The normalized spacial score (nSPS) is 25.9. The van der Waals surface area contributed by atoms with Crippen LogP contribution in [0.1, 0.15) is 49.7 Å². The number of carbonyl (C=O) groups is 1. The van der Waals surface area contributed by atoms with Crippen LogP contribution in [0, 0.1) is 12.8 Å². The third-order valence-corrected chi connectivity index (χ3v) is 5.42. The first-order valence-corrected chi connectivity index (χ1v) is 9.40. The minimum Gasteiger partial charge on any atom is -0.342 e. The highest BCUT2D eigenvalue weighted by molar-refractivity contribution is 5.79. The standard InChI is InChI=1S/C20H30N2O/c1-17-8-6-9-18(14-17)15-21-11-7-10-19(16-21)20(23)22-12-4-2-3-5-13-22/h6,8-9,14,19H,2-5,7,10-13,15-16H2,1H3/p+1/t19-/m1/s1. The highest BCUT2D eigenvalue weighted by atomic mass is 16.2. The third-order valence-electron chi connectivity index (χ3n) is 5.42. The van der Waals surface area contributed by atoms with Gasteiger partial charge >= 0.3 is 0 Å². The van der Waals surface area contributed by atoms with E-state index in [1.54, 1.807) is 4.90 Å². The molecule has 126 valence electrons. The molecule has 2 atom stereocenters. The largest absolute Gasteiger partial charge is 0.342 e. The van der Waals surface area contributed by atoms with Gasteiger partial charge in [-0.3, -0.25) is 4.79 Å². The second-order valence-electron chi connectivity index (χ2n) is 7.45. The molecule has 1 aromatic rings. The molecule has 2 fully saturated rings. The van der Waals surface area contributed by atoms with Gasteiger partial charge in [-0.05, 0) is 32.6 Å². The summed E-state index contributed by atoms with van der Waals surface area (Å²) in [6.07, 6.45) is 7.24. The highest BCUT2D eigenvalue weighted by Crippen LogP contribution is 2.16. The number of likely N-dealkylation sites (tertiary alicyclic amines) is 2. The minimum atomic E-state index is 0.252. The molecule has 2 saturated heterocycles. The molecule has 0 aliphatic carbocycles. The summed E-state index contributed by atoms with van der Waals surface area (Å²) >= 11 is 0. The summed E-state index contributed by atoms with van der Waals surface area (Å²) in [6, 6.07) is 8.81. The van der Waals surface area contributed by atoms with E-state index in [0.29, 0.717) is 5.91 Å². The summed E-state index contributed by atoms with van der Waals surface area (Å²) in [6.45, 7) is 7.41. The molecule has 0 saturated carbocycles. The van der Waals surface area contributed by atoms with Gasteiger partial charge in [-0.15, -0.1) is 0 Å². The molecule has 2 aliphatic rings. The SMILES string of the molecule is Cc1cccc(C[NH+]2CCC[C@@H](C(=O)N3CCCCCC3)C2)c1. The van der Waals surface area contributed by atoms with Crippen LogP contribution in [0.15, 0.2) is 24.3 Å². The van der Waals surface area contributed by atoms with E-state index in [-0.39, 0.29) is 5.92 Å². The summed E-state index contributed by atoms with van der Waals surface area (Å²) < 4.78 is 0. The maximum atomic E-state index is 12.9. The van der Waals surface area contributed by atoms with Gasteiger partial charge in [-0.25, -0.2) is 0 Å². The highest BCUT2D eigenvalue weighted by Gasteiger charge is 2.31. The number of rotatable bonds is 3. The molecule has 1 N–H and O–H groups in total. The molecule has 3 heteroatoms. The van der Waals surface area contributed by atoms with Crippen molar-refractivity contribution in [1.82, 2.24) is 4.90 Å². The van der Waals surface area contributed by atoms with E-state index in [0.717, 1.165) is 32.6 Å². The zero-order valence-corrected chi connectivity index (χ0v) is 14.5. The first kappa shape index (κ1) is 16.5. The molecule has 3 nitrogen and oxygen atoms in total. The van der Waals surface area contributed by atoms with Crippen LogP contribution in [0.5, 0.6) is 0 Å². The van der Waals surface area contributed by atoms with E-state index >= 15 is 0 Å². The van der Waals surface area contributed by atoms with Crippen molar-refractivity contribution in [2.24, 2.45) is 5.92 Å². The Kier molecular flexibility index (Phi) is 5.71. The van der Waals surface area contributed by atoms with Gasteiger partial charge in [0.1, 0.15) is 6.54 Å². The molecule has 3 rings (SSSR count). The molecule has 1 amide bonds. The number of quaternary nitrogens is 1. The number of benzene rings is 1. The lowest BCUT2D eigenvalue weighted by Gasteiger charge is -2.32. The Hall–Kier alpha value is -1.35. The van der Waals surface area contributed by atoms with Crippen molar-refractivity contribution in [1.29, 1.82) is 0 Å². The number of nitrogens with one attached hydrogen (secondary N) is 1. The van der Waals surface area contributed by atoms with Gasteiger partial charge in [0.2, 0.25) is 5.91 Å². The maximum Gasteiger partial charge on any atom is 0.231 e. The molecule has 0 bridgehead atoms. The number of hydrogen-bond acceptors (Lipinski definition) is 1. The van der Waals surface area contributed by atoms with Crippen molar-refractivity contribution in [2.75, 3.05) is 26.2 Å². The molecule has 0 aromatic heterocycles. The lowest BCUT2D eigenvalue weighted by molar-refractivity contribution is -0.921. The average Bonchev–Trinajstić information content (AvgIpc) is 2.84. The second-order valence-corrected chi connectivity index (χ2v) is 7.45. The van der Waals surface area contributed by atoms with Gasteiger partial charge in [0.05, 0.1) is 19.0 Å². The fraction of sp³-hybridized carbons (Fsp3) is 0.650. The summed E-state index contributed by atoms with van der Waals surface area (Å²) in [5.41, 5.74) is 2.74. The van der Waals surface area contributed by atoms with E-state index < -0.39 is 0 Å². The number of nitrogens with zero attached hydrogens (tertiary/aromatic N) is 1. The smallest absolute Gasteiger partial charge is 0.231 e. The Labute approximate surface area is 140 Å². The van der Waals surface area contributed by atoms with Crippen LogP contribution >= 0.6 is 0 Å². The number of carbonyl (C=O) groups excluding carboxylic acids is 1. The van der Waals surface area contributed by atoms with Gasteiger partial charge in [-0.2, -0.15) is 0 Å². The van der Waals surface area contributed by atoms with Gasteiger partial charge in [0.25, 0.3) is 0 Å². The predicted octanol–water partition coefficient (Wildman–Crippen LogP) is 2.19. The number of hydrogen-bond donors (Lipinski definition) is 1. The van der Waals surface area contributed by atoms with Crippen LogP contribution in [-0.2, 0) is 11.3 Å². The molecule has 0 radical (unpaired) electrons. The van der Waals surface area contributed by atoms with Crippen molar-refractivity contribution < 1.29 is 9.69 Å². The first-order valence-electron chi connectivity index (χ1n) is 9.40. The number of piperidine rings is 1. The van der Waals surface area contributed by atoms with E-state index in [9.17, 15) is 4.79 Å². The Morgan fingerprint density at radius 2 is 1.96 bits per heavy atom. The summed E-state index contributed by atoms with van der Waals surface area (Å²) in [5, 5.41) is 0. The van der Waals surface area contributed by atoms with Gasteiger partial charge < -0.3 is 9.80 Å². The quantitative estimate of drug-likeness (QED) is 0.909. The Balaban J connectivity index is 1.57. The van der Waals surface area contributed by atoms with Crippen LogP contribution in [0.2, 0.25) is 0 Å². The van der Waals surface area contributed by atoms with Crippen LogP contribution in [0.3, 0.4) is 0 Å². The zero-order chi connectivity index (χ0) is 16.1. The Bertz CT molecular complexity index is 520. The van der Waals surface area contributed by atoms with Crippen LogP contribution < -0.4 is 4.90 Å². The fourth-order valence-electron chi connectivity index (χ4n) is 4.18. The van der Waals surface area contributed by atoms with E-state index in [1.807, 2.05) is 0 Å². The molecule has 1 aromatic carbocycles. The monoisotopic (exact) mass is 315 g/mol. The molecular formula is C20H31N2O+. The molecule has 1 unspecified atom stereocenters. The molecule has 23 heavy (non-hydrogen) atoms. The van der Waals surface area contributed by atoms with Crippen molar-refractivity contribution in [3.63, 3.8) is 0 Å². The maximum absolute atomic E-state index is 12.9. The minimum absolute atomic E-state index is 0.252. The Morgan fingerprint density at radius 3 is 2.70 bits per heavy atom.